The first kappa shape index (κ1) is 15.6. The molecule has 0 bridgehead atoms. The van der Waals surface area contributed by atoms with E-state index in [1.807, 2.05) is 0 Å². The van der Waals surface area contributed by atoms with Crippen LogP contribution in [0.4, 0.5) is 4.39 Å². The van der Waals surface area contributed by atoms with Crippen LogP contribution in [0.25, 0.3) is 0 Å². The fourth-order valence-electron chi connectivity index (χ4n) is 1.85. The molecule has 0 radical (unpaired) electrons. The van der Waals surface area contributed by atoms with E-state index in [1.54, 1.807) is 4.98 Å². The van der Waals surface area contributed by atoms with Crippen LogP contribution in [0.3, 0.4) is 0 Å². The Morgan fingerprint density at radius 1 is 1.23 bits per heavy atom. The second-order valence-corrected chi connectivity index (χ2v) is 4.58. The van der Waals surface area contributed by atoms with Gasteiger partial charge in [0.1, 0.15) is 0 Å². The second-order valence-electron chi connectivity index (χ2n) is 4.58. The van der Waals surface area contributed by atoms with Crippen LogP contribution in [0.15, 0.2) is 15.8 Å². The van der Waals surface area contributed by atoms with Crippen molar-refractivity contribution >= 4 is 17.8 Å². The molecule has 0 spiro atoms. The van der Waals surface area contributed by atoms with E-state index in [4.69, 9.17) is 0 Å². The predicted octanol–water partition coefficient (Wildman–Crippen LogP) is -0.937. The summed E-state index contributed by atoms with van der Waals surface area (Å²) in [4.78, 5) is 62.6. The summed E-state index contributed by atoms with van der Waals surface area (Å²) in [6.45, 7) is -0.0382. The summed E-state index contributed by atoms with van der Waals surface area (Å²) >= 11 is 0. The standard InChI is InChI=1S/C12H12FN3O6/c13-7-6-15(12(21)14-11(7)20)5-1-2-10(19)22-16-8(17)3-4-9(16)18/h6H,1-5H2,(H,14,20,21). The van der Waals surface area contributed by atoms with Crippen molar-refractivity contribution in [2.45, 2.75) is 32.2 Å². The van der Waals surface area contributed by atoms with E-state index >= 15 is 0 Å². The van der Waals surface area contributed by atoms with Gasteiger partial charge in [-0.15, -0.1) is 5.06 Å². The Morgan fingerprint density at radius 3 is 2.50 bits per heavy atom. The molecule has 1 fully saturated rings. The van der Waals surface area contributed by atoms with Crippen LogP contribution in [0.5, 0.6) is 0 Å². The molecule has 10 heteroatoms. The molecular formula is C12H12FN3O6. The van der Waals surface area contributed by atoms with Crippen molar-refractivity contribution in [1.82, 2.24) is 14.6 Å². The van der Waals surface area contributed by atoms with Gasteiger partial charge >= 0.3 is 11.7 Å². The minimum atomic E-state index is -1.12. The van der Waals surface area contributed by atoms with Gasteiger partial charge in [-0.1, -0.05) is 0 Å². The fraction of sp³-hybridized carbons (Fsp3) is 0.417. The Morgan fingerprint density at radius 2 is 1.86 bits per heavy atom. The summed E-state index contributed by atoms with van der Waals surface area (Å²) in [6.07, 6.45) is 0.640. The summed E-state index contributed by atoms with van der Waals surface area (Å²) in [5.41, 5.74) is -1.92. The maximum Gasteiger partial charge on any atom is 0.333 e. The number of carbonyl (C=O) groups excluding carboxylic acids is 3. The lowest BCUT2D eigenvalue weighted by Gasteiger charge is -2.12. The van der Waals surface area contributed by atoms with E-state index in [-0.39, 0.29) is 32.2 Å². The summed E-state index contributed by atoms with van der Waals surface area (Å²) in [5.74, 6) is -3.11. The number of amides is 2. The molecule has 0 unspecified atom stereocenters. The monoisotopic (exact) mass is 313 g/mol. The molecule has 0 aromatic carbocycles. The highest BCUT2D eigenvalue weighted by Crippen LogP contribution is 2.12. The number of nitrogens with zero attached hydrogens (tertiary/aromatic N) is 2. The minimum absolute atomic E-state index is 0.00182. The molecule has 2 amide bonds. The van der Waals surface area contributed by atoms with Crippen LogP contribution in [0.1, 0.15) is 25.7 Å². The van der Waals surface area contributed by atoms with Gasteiger partial charge < -0.3 is 4.84 Å². The SMILES string of the molecule is O=C(CCCn1cc(F)c(=O)[nH]c1=O)ON1C(=O)CCC1=O. The summed E-state index contributed by atoms with van der Waals surface area (Å²) in [7, 11) is 0. The maximum absolute atomic E-state index is 13.0. The van der Waals surface area contributed by atoms with E-state index in [1.165, 1.54) is 0 Å². The van der Waals surface area contributed by atoms with Gasteiger partial charge in [-0.25, -0.2) is 9.59 Å². The number of rotatable bonds is 5. The fourth-order valence-corrected chi connectivity index (χ4v) is 1.85. The molecule has 1 aliphatic rings. The third kappa shape index (κ3) is 3.45. The molecule has 1 aromatic heterocycles. The van der Waals surface area contributed by atoms with Gasteiger partial charge in [0.2, 0.25) is 5.82 Å². The first-order valence-electron chi connectivity index (χ1n) is 6.44. The molecule has 0 saturated carbocycles. The zero-order valence-corrected chi connectivity index (χ0v) is 11.3. The molecule has 1 N–H and O–H groups in total. The molecule has 2 heterocycles. The second kappa shape index (κ2) is 6.33. The molecule has 9 nitrogen and oxygen atoms in total. The lowest BCUT2D eigenvalue weighted by Crippen LogP contribution is -2.33. The molecule has 2 rings (SSSR count). The quantitative estimate of drug-likeness (QED) is 0.701. The number of aromatic nitrogens is 2. The third-order valence-electron chi connectivity index (χ3n) is 2.95. The van der Waals surface area contributed by atoms with Gasteiger partial charge in [0, 0.05) is 25.8 Å². The first-order chi connectivity index (χ1) is 10.4. The molecule has 1 aliphatic heterocycles. The Hall–Kier alpha value is -2.78. The highest BCUT2D eigenvalue weighted by atomic mass is 19.1. The number of hydroxylamine groups is 2. The van der Waals surface area contributed by atoms with Gasteiger partial charge in [0.15, 0.2) is 0 Å². The van der Waals surface area contributed by atoms with Crippen molar-refractivity contribution in [2.24, 2.45) is 0 Å². The highest BCUT2D eigenvalue weighted by molar-refractivity contribution is 6.01. The van der Waals surface area contributed by atoms with Gasteiger partial charge in [0.05, 0.1) is 6.20 Å². The van der Waals surface area contributed by atoms with Crippen LogP contribution in [0.2, 0.25) is 0 Å². The van der Waals surface area contributed by atoms with Crippen LogP contribution in [-0.4, -0.2) is 32.4 Å². The Balaban J connectivity index is 1.86. The van der Waals surface area contributed by atoms with Crippen molar-refractivity contribution in [3.8, 4) is 0 Å². The number of hydrogen-bond acceptors (Lipinski definition) is 6. The van der Waals surface area contributed by atoms with Crippen molar-refractivity contribution in [3.63, 3.8) is 0 Å². The Bertz CT molecular complexity index is 721. The smallest absolute Gasteiger partial charge is 0.330 e. The zero-order chi connectivity index (χ0) is 16.3. The van der Waals surface area contributed by atoms with Crippen molar-refractivity contribution in [3.05, 3.63) is 32.9 Å². The zero-order valence-electron chi connectivity index (χ0n) is 11.3. The molecule has 22 heavy (non-hydrogen) atoms. The topological polar surface area (TPSA) is 119 Å². The molecule has 118 valence electrons. The van der Waals surface area contributed by atoms with Crippen LogP contribution >= 0.6 is 0 Å². The molecule has 1 saturated heterocycles. The molecular weight excluding hydrogens is 301 g/mol. The number of nitrogens with one attached hydrogen (secondary N) is 1. The normalized spacial score (nSPS) is 14.5. The molecule has 1 aromatic rings. The molecule has 0 atom stereocenters. The van der Waals surface area contributed by atoms with Crippen LogP contribution < -0.4 is 11.2 Å². The number of hydrogen-bond donors (Lipinski definition) is 1. The highest BCUT2D eigenvalue weighted by Gasteiger charge is 2.32. The number of halogens is 1. The lowest BCUT2D eigenvalue weighted by atomic mass is 10.3. The van der Waals surface area contributed by atoms with Crippen molar-refractivity contribution in [2.75, 3.05) is 0 Å². The van der Waals surface area contributed by atoms with E-state index in [9.17, 15) is 28.4 Å². The average molecular weight is 313 g/mol. The van der Waals surface area contributed by atoms with E-state index < -0.39 is 34.8 Å². The number of aromatic amines is 1. The third-order valence-corrected chi connectivity index (χ3v) is 2.95. The van der Waals surface area contributed by atoms with Gasteiger partial charge in [-0.05, 0) is 6.42 Å². The number of carbonyl (C=O) groups is 3. The van der Waals surface area contributed by atoms with Crippen LogP contribution in [0, 0.1) is 5.82 Å². The summed E-state index contributed by atoms with van der Waals surface area (Å²) in [6, 6.07) is 0. The Labute approximate surface area is 122 Å². The van der Waals surface area contributed by atoms with Gasteiger partial charge in [-0.3, -0.25) is 23.9 Å². The van der Waals surface area contributed by atoms with Gasteiger partial charge in [0.25, 0.3) is 17.4 Å². The Kier molecular flexibility index (Phi) is 4.49. The van der Waals surface area contributed by atoms with Crippen molar-refractivity contribution in [1.29, 1.82) is 0 Å². The minimum Gasteiger partial charge on any atom is -0.330 e. The van der Waals surface area contributed by atoms with Gasteiger partial charge in [-0.2, -0.15) is 4.39 Å². The van der Waals surface area contributed by atoms with E-state index in [0.717, 1.165) is 10.8 Å². The van der Waals surface area contributed by atoms with Crippen LogP contribution in [-0.2, 0) is 25.8 Å². The first-order valence-corrected chi connectivity index (χ1v) is 6.44. The van der Waals surface area contributed by atoms with E-state index in [0.29, 0.717) is 5.06 Å². The average Bonchev–Trinajstić information content (AvgIpc) is 2.76. The molecule has 0 aliphatic carbocycles. The lowest BCUT2D eigenvalue weighted by molar-refractivity contribution is -0.197. The maximum atomic E-state index is 13.0. The predicted molar refractivity (Wildman–Crippen MR) is 67.7 cm³/mol. The van der Waals surface area contributed by atoms with Crippen molar-refractivity contribution < 1.29 is 23.6 Å². The number of H-pyrrole nitrogens is 1. The number of imide groups is 1. The van der Waals surface area contributed by atoms with E-state index in [2.05, 4.69) is 4.84 Å². The number of aryl methyl sites for hydroxylation is 1. The summed E-state index contributed by atoms with van der Waals surface area (Å²) in [5, 5.41) is 0.425. The largest absolute Gasteiger partial charge is 0.333 e. The summed E-state index contributed by atoms with van der Waals surface area (Å²) < 4.78 is 13.9.